The topological polar surface area (TPSA) is 125 Å². The molecule has 0 aliphatic rings. The number of hydrogen-bond donors (Lipinski definition) is 2. The average molecular weight is 650 g/mol. The minimum absolute atomic E-state index is 0.145. The Hall–Kier alpha value is -2.64. The molecule has 0 aliphatic carbocycles. The van der Waals surface area contributed by atoms with E-state index >= 15 is 0 Å². The minimum atomic E-state index is -7.01. The van der Waals surface area contributed by atoms with Crippen molar-refractivity contribution in [1.82, 2.24) is 10.6 Å². The van der Waals surface area contributed by atoms with E-state index in [0.29, 0.717) is 11.0 Å². The van der Waals surface area contributed by atoms with Gasteiger partial charge in [0.15, 0.2) is 0 Å². The van der Waals surface area contributed by atoms with Crippen molar-refractivity contribution in [3.8, 4) is 0 Å². The van der Waals surface area contributed by atoms with Gasteiger partial charge in [0.1, 0.15) is 16.2 Å². The standard InChI is InChI=1S/C16H24F9N3O3.C7H8O3S/c1-26-11(29)9-10(27-6-7-28(2,3)4)12(30)31-8-5-13(17,18)14(19,20)15(21,22)16(23,24)25;1-6-2-4-7(5-3-6)11(8,9)10/h10,27H,5-9H2,1-4H3;2-5H,1H3,(H,8,9,10). The highest BCUT2D eigenvalue weighted by atomic mass is 32.2. The lowest BCUT2D eigenvalue weighted by molar-refractivity contribution is -0.869. The van der Waals surface area contributed by atoms with Crippen molar-refractivity contribution in [2.24, 2.45) is 0 Å². The van der Waals surface area contributed by atoms with E-state index < -0.39 is 71.4 Å². The number of quaternary nitrogens is 1. The molecule has 1 aromatic carbocycles. The Morgan fingerprint density at radius 1 is 0.952 bits per heavy atom. The number of benzene rings is 1. The maximum absolute atomic E-state index is 13.5. The highest BCUT2D eigenvalue weighted by Gasteiger charge is 2.81. The Morgan fingerprint density at radius 2 is 1.45 bits per heavy atom. The number of hydrogen-bond acceptors (Lipinski definition) is 7. The lowest BCUT2D eigenvalue weighted by Crippen LogP contribution is -2.61. The molecular formula is C23H32F9N3O6S. The predicted molar refractivity (Wildman–Crippen MR) is 129 cm³/mol. The van der Waals surface area contributed by atoms with Gasteiger partial charge in [-0.3, -0.25) is 14.9 Å². The monoisotopic (exact) mass is 649 g/mol. The molecule has 0 spiro atoms. The maximum atomic E-state index is 13.5. The van der Waals surface area contributed by atoms with Gasteiger partial charge in [-0.2, -0.15) is 39.5 Å². The second kappa shape index (κ2) is 14.7. The van der Waals surface area contributed by atoms with Crippen LogP contribution >= 0.6 is 0 Å². The first kappa shape index (κ1) is 39.4. The van der Waals surface area contributed by atoms with Gasteiger partial charge in [-0.25, -0.2) is 8.42 Å². The van der Waals surface area contributed by atoms with Crippen LogP contribution in [0.3, 0.4) is 0 Å². The summed E-state index contributed by atoms with van der Waals surface area (Å²) in [5.74, 6) is -21.6. The van der Waals surface area contributed by atoms with E-state index in [1.807, 2.05) is 6.92 Å². The van der Waals surface area contributed by atoms with Crippen LogP contribution in [-0.2, 0) is 24.4 Å². The first-order chi connectivity index (χ1) is 18.7. The first-order valence-corrected chi connectivity index (χ1v) is 13.2. The zero-order valence-corrected chi connectivity index (χ0v) is 23.9. The number of rotatable bonds is 13. The molecule has 1 atom stereocenters. The van der Waals surface area contributed by atoms with Crippen molar-refractivity contribution >= 4 is 22.0 Å². The summed E-state index contributed by atoms with van der Waals surface area (Å²) >= 11 is 0. The first-order valence-electron chi connectivity index (χ1n) is 11.8. The molecule has 9 nitrogen and oxygen atoms in total. The molecule has 0 saturated carbocycles. The molecule has 42 heavy (non-hydrogen) atoms. The minimum Gasteiger partial charge on any atom is -0.744 e. The number of ether oxygens (including phenoxy) is 1. The van der Waals surface area contributed by atoms with Crippen molar-refractivity contribution in [2.75, 3.05) is 47.9 Å². The van der Waals surface area contributed by atoms with Gasteiger partial charge in [-0.05, 0) is 19.1 Å². The summed E-state index contributed by atoms with van der Waals surface area (Å²) in [5, 5.41) is 4.80. The van der Waals surface area contributed by atoms with Crippen LogP contribution in [0, 0.1) is 6.92 Å². The second-order valence-corrected chi connectivity index (χ2v) is 11.3. The molecule has 0 radical (unpaired) electrons. The molecule has 1 amide bonds. The van der Waals surface area contributed by atoms with Crippen LogP contribution in [0.15, 0.2) is 29.2 Å². The zero-order chi connectivity index (χ0) is 33.4. The summed E-state index contributed by atoms with van der Waals surface area (Å²) in [6, 6.07) is 4.39. The highest BCUT2D eigenvalue weighted by molar-refractivity contribution is 7.85. The van der Waals surface area contributed by atoms with E-state index in [9.17, 15) is 62.1 Å². The third kappa shape index (κ3) is 11.9. The van der Waals surface area contributed by atoms with Gasteiger partial charge in [0.25, 0.3) is 0 Å². The van der Waals surface area contributed by atoms with E-state index in [1.54, 1.807) is 33.3 Å². The molecule has 244 valence electrons. The van der Waals surface area contributed by atoms with Crippen LogP contribution in [0.1, 0.15) is 18.4 Å². The van der Waals surface area contributed by atoms with E-state index in [-0.39, 0.29) is 11.4 Å². The summed E-state index contributed by atoms with van der Waals surface area (Å²) < 4.78 is 151. The molecule has 2 N–H and O–H groups in total. The molecule has 0 heterocycles. The summed E-state index contributed by atoms with van der Waals surface area (Å²) in [5.41, 5.74) is 0.928. The molecule has 0 bridgehead atoms. The van der Waals surface area contributed by atoms with Crippen molar-refractivity contribution in [3.63, 3.8) is 0 Å². The number of carbonyl (C=O) groups is 2. The zero-order valence-electron chi connectivity index (χ0n) is 23.1. The number of nitrogens with zero attached hydrogens (tertiary/aromatic N) is 1. The largest absolute Gasteiger partial charge is 0.744 e. The number of nitrogens with one attached hydrogen (secondary N) is 2. The van der Waals surface area contributed by atoms with Crippen molar-refractivity contribution in [2.45, 2.75) is 54.6 Å². The smallest absolute Gasteiger partial charge is 0.460 e. The number of halogens is 9. The van der Waals surface area contributed by atoms with Gasteiger partial charge >= 0.3 is 29.9 Å². The lowest BCUT2D eigenvalue weighted by atomic mass is 10.0. The van der Waals surface area contributed by atoms with E-state index in [1.165, 1.54) is 19.2 Å². The molecule has 19 heteroatoms. The fraction of sp³-hybridized carbons (Fsp3) is 0.652. The van der Waals surface area contributed by atoms with Crippen LogP contribution in [-0.4, -0.2) is 107 Å². The molecule has 0 saturated heterocycles. The van der Waals surface area contributed by atoms with Crippen LogP contribution in [0.25, 0.3) is 0 Å². The summed E-state index contributed by atoms with van der Waals surface area (Å²) in [4.78, 5) is 23.3. The quantitative estimate of drug-likeness (QED) is 0.146. The van der Waals surface area contributed by atoms with E-state index in [0.717, 1.165) is 5.56 Å². The average Bonchev–Trinajstić information content (AvgIpc) is 2.81. The summed E-state index contributed by atoms with van der Waals surface area (Å²) in [6.07, 6.45) is -9.75. The van der Waals surface area contributed by atoms with Crippen molar-refractivity contribution < 1.29 is 71.3 Å². The van der Waals surface area contributed by atoms with Gasteiger partial charge in [-0.15, -0.1) is 0 Å². The van der Waals surface area contributed by atoms with Gasteiger partial charge in [0, 0.05) is 13.6 Å². The number of likely N-dealkylation sites (N-methyl/N-ethyl adjacent to an activating group) is 1. The number of alkyl halides is 9. The number of aryl methyl sites for hydroxylation is 1. The Labute approximate surface area is 236 Å². The molecule has 0 aromatic heterocycles. The van der Waals surface area contributed by atoms with Gasteiger partial charge in [0.05, 0.1) is 52.0 Å². The molecule has 1 rings (SSSR count). The number of amides is 1. The third-order valence-electron chi connectivity index (χ3n) is 5.31. The van der Waals surface area contributed by atoms with Gasteiger partial charge in [0.2, 0.25) is 5.91 Å². The Bertz CT molecular complexity index is 1140. The SMILES string of the molecule is CNC(=O)CC(NCC[N+](C)(C)C)C(=O)OCCC(F)(F)C(F)(F)C(F)(F)C(F)(F)F.Cc1ccc(S(=O)(=O)[O-])cc1. The van der Waals surface area contributed by atoms with Crippen LogP contribution in [0.4, 0.5) is 39.5 Å². The Kier molecular flexibility index (Phi) is 13.8. The Morgan fingerprint density at radius 3 is 1.86 bits per heavy atom. The number of esters is 1. The fourth-order valence-corrected chi connectivity index (χ4v) is 3.22. The second-order valence-electron chi connectivity index (χ2n) is 9.93. The van der Waals surface area contributed by atoms with E-state index in [2.05, 4.69) is 15.4 Å². The normalized spacial score (nSPS) is 14.0. The van der Waals surface area contributed by atoms with Gasteiger partial charge in [-0.1, -0.05) is 17.7 Å². The molecular weight excluding hydrogens is 617 g/mol. The van der Waals surface area contributed by atoms with Crippen LogP contribution in [0.5, 0.6) is 0 Å². The lowest BCUT2D eigenvalue weighted by Gasteiger charge is -2.33. The maximum Gasteiger partial charge on any atom is 0.460 e. The third-order valence-corrected chi connectivity index (χ3v) is 6.16. The van der Waals surface area contributed by atoms with Crippen LogP contribution < -0.4 is 10.6 Å². The van der Waals surface area contributed by atoms with E-state index in [4.69, 9.17) is 0 Å². The van der Waals surface area contributed by atoms with Crippen molar-refractivity contribution in [3.05, 3.63) is 29.8 Å². The Balaban J connectivity index is 0.00000126. The fourth-order valence-electron chi connectivity index (χ4n) is 2.75. The predicted octanol–water partition coefficient (Wildman–Crippen LogP) is 3.09. The summed E-state index contributed by atoms with van der Waals surface area (Å²) in [7, 11) is 2.36. The summed E-state index contributed by atoms with van der Waals surface area (Å²) in [6.45, 7) is 0.818. The van der Waals surface area contributed by atoms with Crippen molar-refractivity contribution in [1.29, 1.82) is 0 Å². The highest BCUT2D eigenvalue weighted by Crippen LogP contribution is 2.53. The molecule has 0 aliphatic heterocycles. The molecule has 1 aromatic rings. The number of carbonyl (C=O) groups excluding carboxylic acids is 2. The molecule has 0 fully saturated rings. The molecule has 1 unspecified atom stereocenters. The van der Waals surface area contributed by atoms with Crippen LogP contribution in [0.2, 0.25) is 0 Å². The van der Waals surface area contributed by atoms with Gasteiger partial charge < -0.3 is 19.1 Å².